The van der Waals surface area contributed by atoms with Crippen LogP contribution < -0.4 is 10.2 Å². The molecule has 1 aromatic carbocycles. The smallest absolute Gasteiger partial charge is 0.226 e. The van der Waals surface area contributed by atoms with Crippen LogP contribution in [0.2, 0.25) is 0 Å². The van der Waals surface area contributed by atoms with Gasteiger partial charge in [0.15, 0.2) is 0 Å². The fourth-order valence-corrected chi connectivity index (χ4v) is 1.66. The molecule has 0 saturated heterocycles. The van der Waals surface area contributed by atoms with Gasteiger partial charge in [0, 0.05) is 19.2 Å². The second kappa shape index (κ2) is 6.28. The topological polar surface area (TPSA) is 32.3 Å². The van der Waals surface area contributed by atoms with Crippen LogP contribution in [0.1, 0.15) is 18.4 Å². The van der Waals surface area contributed by atoms with Crippen molar-refractivity contribution in [3.05, 3.63) is 29.8 Å². The Morgan fingerprint density at radius 2 is 2.06 bits per heavy atom. The number of nitrogens with one attached hydrogen (secondary N) is 1. The van der Waals surface area contributed by atoms with Gasteiger partial charge < -0.3 is 10.2 Å². The summed E-state index contributed by atoms with van der Waals surface area (Å²) >= 11 is 0. The normalized spacial score (nSPS) is 10.2. The van der Waals surface area contributed by atoms with Crippen molar-refractivity contribution in [1.82, 2.24) is 5.32 Å². The van der Waals surface area contributed by atoms with Gasteiger partial charge in [0.1, 0.15) is 0 Å². The SMILES string of the molecule is CNCCCC(=O)N(C)c1ccccc1C. The lowest BCUT2D eigenvalue weighted by Gasteiger charge is -2.19. The number of nitrogens with zero attached hydrogens (tertiary/aromatic N) is 1. The van der Waals surface area contributed by atoms with Crippen molar-refractivity contribution < 1.29 is 4.79 Å². The Bertz CT molecular complexity index is 350. The molecule has 0 aliphatic carbocycles. The van der Waals surface area contributed by atoms with Gasteiger partial charge in [-0.15, -0.1) is 0 Å². The predicted molar refractivity (Wildman–Crippen MR) is 67.7 cm³/mol. The molecule has 0 bridgehead atoms. The summed E-state index contributed by atoms with van der Waals surface area (Å²) in [6.45, 7) is 2.90. The lowest BCUT2D eigenvalue weighted by molar-refractivity contribution is -0.118. The van der Waals surface area contributed by atoms with Crippen LogP contribution in [0.5, 0.6) is 0 Å². The molecule has 0 fully saturated rings. The minimum Gasteiger partial charge on any atom is -0.320 e. The molecular weight excluding hydrogens is 200 g/mol. The molecule has 0 saturated carbocycles. The number of rotatable bonds is 5. The van der Waals surface area contributed by atoms with E-state index in [1.54, 1.807) is 4.90 Å². The molecule has 0 aliphatic rings. The molecule has 3 nitrogen and oxygen atoms in total. The molecule has 0 spiro atoms. The second-order valence-corrected chi connectivity index (χ2v) is 3.95. The zero-order valence-corrected chi connectivity index (χ0v) is 10.3. The lowest BCUT2D eigenvalue weighted by atomic mass is 10.1. The van der Waals surface area contributed by atoms with E-state index in [0.717, 1.165) is 24.2 Å². The number of hydrogen-bond donors (Lipinski definition) is 1. The maximum absolute atomic E-state index is 11.9. The third-order valence-corrected chi connectivity index (χ3v) is 2.67. The maximum Gasteiger partial charge on any atom is 0.226 e. The van der Waals surface area contributed by atoms with Crippen LogP contribution >= 0.6 is 0 Å². The molecule has 1 N–H and O–H groups in total. The molecular formula is C13H20N2O. The quantitative estimate of drug-likeness (QED) is 0.769. The number of amides is 1. The van der Waals surface area contributed by atoms with Crippen molar-refractivity contribution in [3.8, 4) is 0 Å². The van der Waals surface area contributed by atoms with Crippen LogP contribution in [0.3, 0.4) is 0 Å². The van der Waals surface area contributed by atoms with E-state index in [2.05, 4.69) is 5.32 Å². The highest BCUT2D eigenvalue weighted by Gasteiger charge is 2.11. The van der Waals surface area contributed by atoms with Crippen LogP contribution in [0, 0.1) is 6.92 Å². The van der Waals surface area contributed by atoms with Crippen molar-refractivity contribution in [3.63, 3.8) is 0 Å². The Morgan fingerprint density at radius 1 is 1.38 bits per heavy atom. The first-order chi connectivity index (χ1) is 7.66. The number of carbonyl (C=O) groups is 1. The Labute approximate surface area is 97.5 Å². The molecule has 0 aromatic heterocycles. The van der Waals surface area contributed by atoms with E-state index in [4.69, 9.17) is 0 Å². The number of aryl methyl sites for hydroxylation is 1. The molecule has 0 radical (unpaired) electrons. The van der Waals surface area contributed by atoms with Gasteiger partial charge in [0.25, 0.3) is 0 Å². The number of benzene rings is 1. The summed E-state index contributed by atoms with van der Waals surface area (Å²) in [7, 11) is 3.74. The Morgan fingerprint density at radius 3 is 2.69 bits per heavy atom. The molecule has 1 rings (SSSR count). The minimum absolute atomic E-state index is 0.171. The first-order valence-electron chi connectivity index (χ1n) is 5.63. The Kier molecular flexibility index (Phi) is 4.99. The molecule has 0 aliphatic heterocycles. The first-order valence-corrected chi connectivity index (χ1v) is 5.63. The van der Waals surface area contributed by atoms with Gasteiger partial charge in [-0.25, -0.2) is 0 Å². The highest BCUT2D eigenvalue weighted by atomic mass is 16.2. The van der Waals surface area contributed by atoms with Crippen LogP contribution in [0.25, 0.3) is 0 Å². The Balaban J connectivity index is 2.60. The molecule has 16 heavy (non-hydrogen) atoms. The van der Waals surface area contributed by atoms with Crippen LogP contribution in [-0.2, 0) is 4.79 Å². The third kappa shape index (κ3) is 3.35. The van der Waals surface area contributed by atoms with Crippen LogP contribution in [-0.4, -0.2) is 26.5 Å². The van der Waals surface area contributed by atoms with Gasteiger partial charge in [-0.3, -0.25) is 4.79 Å². The summed E-state index contributed by atoms with van der Waals surface area (Å²) in [4.78, 5) is 13.6. The second-order valence-electron chi connectivity index (χ2n) is 3.95. The minimum atomic E-state index is 0.171. The van der Waals surface area contributed by atoms with Gasteiger partial charge in [-0.1, -0.05) is 18.2 Å². The fraction of sp³-hybridized carbons (Fsp3) is 0.462. The van der Waals surface area contributed by atoms with E-state index in [9.17, 15) is 4.79 Å². The van der Waals surface area contributed by atoms with Gasteiger partial charge >= 0.3 is 0 Å². The van der Waals surface area contributed by atoms with Crippen molar-refractivity contribution in [1.29, 1.82) is 0 Å². The van der Waals surface area contributed by atoms with Gasteiger partial charge in [0.05, 0.1) is 0 Å². The van der Waals surface area contributed by atoms with Crippen LogP contribution in [0.4, 0.5) is 5.69 Å². The zero-order chi connectivity index (χ0) is 12.0. The van der Waals surface area contributed by atoms with Gasteiger partial charge in [-0.05, 0) is 38.6 Å². The van der Waals surface area contributed by atoms with E-state index in [1.807, 2.05) is 45.3 Å². The average Bonchev–Trinajstić information content (AvgIpc) is 2.29. The van der Waals surface area contributed by atoms with Crippen molar-refractivity contribution >= 4 is 11.6 Å². The lowest BCUT2D eigenvalue weighted by Crippen LogP contribution is -2.27. The first kappa shape index (κ1) is 12.7. The summed E-state index contributed by atoms with van der Waals surface area (Å²) in [5, 5.41) is 3.04. The average molecular weight is 220 g/mol. The van der Waals surface area contributed by atoms with Crippen molar-refractivity contribution in [2.45, 2.75) is 19.8 Å². The van der Waals surface area contributed by atoms with E-state index in [-0.39, 0.29) is 5.91 Å². The van der Waals surface area contributed by atoms with Gasteiger partial charge in [0.2, 0.25) is 5.91 Å². The fourth-order valence-electron chi connectivity index (χ4n) is 1.66. The number of anilines is 1. The van der Waals surface area contributed by atoms with E-state index >= 15 is 0 Å². The summed E-state index contributed by atoms with van der Waals surface area (Å²) in [5.41, 5.74) is 2.13. The number of para-hydroxylation sites is 1. The molecule has 3 heteroatoms. The van der Waals surface area contributed by atoms with E-state index in [1.165, 1.54) is 0 Å². The van der Waals surface area contributed by atoms with E-state index in [0.29, 0.717) is 6.42 Å². The molecule has 0 atom stereocenters. The van der Waals surface area contributed by atoms with Gasteiger partial charge in [-0.2, -0.15) is 0 Å². The number of hydrogen-bond acceptors (Lipinski definition) is 2. The Hall–Kier alpha value is -1.35. The number of carbonyl (C=O) groups excluding carboxylic acids is 1. The molecule has 0 unspecified atom stereocenters. The third-order valence-electron chi connectivity index (χ3n) is 2.67. The predicted octanol–water partition coefficient (Wildman–Crippen LogP) is 1.96. The largest absolute Gasteiger partial charge is 0.320 e. The summed E-state index contributed by atoms with van der Waals surface area (Å²) in [5.74, 6) is 0.171. The van der Waals surface area contributed by atoms with Crippen LogP contribution in [0.15, 0.2) is 24.3 Å². The van der Waals surface area contributed by atoms with E-state index < -0.39 is 0 Å². The highest BCUT2D eigenvalue weighted by Crippen LogP contribution is 2.18. The molecule has 88 valence electrons. The standard InChI is InChI=1S/C13H20N2O/c1-11-7-4-5-8-12(11)15(3)13(16)9-6-10-14-2/h4-5,7-8,14H,6,9-10H2,1-3H3. The van der Waals surface area contributed by atoms with Crippen molar-refractivity contribution in [2.24, 2.45) is 0 Å². The molecule has 1 aromatic rings. The molecule has 1 amide bonds. The highest BCUT2D eigenvalue weighted by molar-refractivity contribution is 5.93. The zero-order valence-electron chi connectivity index (χ0n) is 10.3. The molecule has 0 heterocycles. The monoisotopic (exact) mass is 220 g/mol. The summed E-state index contributed by atoms with van der Waals surface area (Å²) < 4.78 is 0. The summed E-state index contributed by atoms with van der Waals surface area (Å²) in [6, 6.07) is 7.94. The maximum atomic E-state index is 11.9. The van der Waals surface area contributed by atoms with Crippen molar-refractivity contribution in [2.75, 3.05) is 25.5 Å². The summed E-state index contributed by atoms with van der Waals surface area (Å²) in [6.07, 6.45) is 1.47.